The molecule has 6 aliphatic rings. The largest absolute Gasteiger partial charge is 0.462 e. The Hall–Kier alpha value is -1.84. The van der Waals surface area contributed by atoms with Gasteiger partial charge < -0.3 is 9.47 Å². The van der Waals surface area contributed by atoms with Crippen molar-refractivity contribution in [3.8, 4) is 0 Å². The van der Waals surface area contributed by atoms with Gasteiger partial charge in [0.05, 0.1) is 5.41 Å². The molecular formula is C40H58O4. The summed E-state index contributed by atoms with van der Waals surface area (Å²) in [4.78, 5) is 26.4. The van der Waals surface area contributed by atoms with Gasteiger partial charge in [0.2, 0.25) is 0 Å². The van der Waals surface area contributed by atoms with Gasteiger partial charge in [-0.25, -0.2) is 0 Å². The van der Waals surface area contributed by atoms with Gasteiger partial charge in [0, 0.05) is 12.3 Å². The monoisotopic (exact) mass is 602 g/mol. The first-order valence-electron chi connectivity index (χ1n) is 18.1. The molecule has 6 saturated carbocycles. The van der Waals surface area contributed by atoms with Gasteiger partial charge in [0.25, 0.3) is 0 Å². The van der Waals surface area contributed by atoms with Crippen molar-refractivity contribution in [2.24, 2.45) is 62.1 Å². The molecule has 4 nitrogen and oxygen atoms in total. The summed E-state index contributed by atoms with van der Waals surface area (Å²) >= 11 is 0. The summed E-state index contributed by atoms with van der Waals surface area (Å²) in [5.74, 6) is 2.86. The lowest BCUT2D eigenvalue weighted by atomic mass is 9.32. The van der Waals surface area contributed by atoms with Crippen LogP contribution in [0.1, 0.15) is 131 Å². The lowest BCUT2D eigenvalue weighted by molar-refractivity contribution is -0.252. The average molecular weight is 603 g/mol. The van der Waals surface area contributed by atoms with Crippen LogP contribution in [0.3, 0.4) is 0 Å². The highest BCUT2D eigenvalue weighted by Crippen LogP contribution is 2.79. The first-order valence-corrected chi connectivity index (χ1v) is 18.1. The van der Waals surface area contributed by atoms with Gasteiger partial charge in [0.1, 0.15) is 12.7 Å². The summed E-state index contributed by atoms with van der Waals surface area (Å²) in [6, 6.07) is 10.2. The number of esters is 2. The summed E-state index contributed by atoms with van der Waals surface area (Å²) in [7, 11) is 0. The fourth-order valence-electron chi connectivity index (χ4n) is 13.5. The molecule has 0 saturated heterocycles. The molecule has 1 aromatic rings. The minimum atomic E-state index is -0.316. The fourth-order valence-corrected chi connectivity index (χ4v) is 13.5. The molecule has 242 valence electrons. The molecule has 0 aliphatic heterocycles. The molecular weight excluding hydrogens is 544 g/mol. The minimum absolute atomic E-state index is 0.0148. The van der Waals surface area contributed by atoms with Crippen LogP contribution in [0.2, 0.25) is 0 Å². The zero-order valence-electron chi connectivity index (χ0n) is 28.7. The maximum absolute atomic E-state index is 14.4. The Labute approximate surface area is 266 Å². The van der Waals surface area contributed by atoms with E-state index in [0.717, 1.165) is 37.7 Å². The highest BCUT2D eigenvalue weighted by Gasteiger charge is 2.73. The second-order valence-electron chi connectivity index (χ2n) is 18.2. The van der Waals surface area contributed by atoms with Crippen molar-refractivity contribution >= 4 is 11.9 Å². The number of hydrogen-bond donors (Lipinski definition) is 0. The Morgan fingerprint density at radius 2 is 1.45 bits per heavy atom. The SMILES string of the molecule is CC(=O)O[C@H]1CC[C@]2(C)[C@H]3CCC4[C@H]5[C@H](C6(C)CC6)CC[C@]5(C(=O)OCc5ccccc5)CC[C@@]4(C)[C@]3(C)CC[C@H]2C1(C)C. The maximum atomic E-state index is 14.4. The highest BCUT2D eigenvalue weighted by atomic mass is 16.5. The van der Waals surface area contributed by atoms with Crippen molar-refractivity contribution < 1.29 is 19.1 Å². The van der Waals surface area contributed by atoms with E-state index < -0.39 is 0 Å². The maximum Gasteiger partial charge on any atom is 0.312 e. The molecule has 4 heteroatoms. The molecule has 0 radical (unpaired) electrons. The number of rotatable bonds is 5. The predicted molar refractivity (Wildman–Crippen MR) is 173 cm³/mol. The number of benzene rings is 1. The van der Waals surface area contributed by atoms with Crippen molar-refractivity contribution in [2.75, 3.05) is 0 Å². The number of hydrogen-bond acceptors (Lipinski definition) is 4. The van der Waals surface area contributed by atoms with Crippen LogP contribution in [0.4, 0.5) is 0 Å². The van der Waals surface area contributed by atoms with E-state index >= 15 is 0 Å². The molecule has 1 aromatic carbocycles. The second-order valence-corrected chi connectivity index (χ2v) is 18.2. The van der Waals surface area contributed by atoms with Crippen molar-refractivity contribution in [3.05, 3.63) is 35.9 Å². The summed E-state index contributed by atoms with van der Waals surface area (Å²) in [5, 5.41) is 0. The molecule has 0 aromatic heterocycles. The zero-order chi connectivity index (χ0) is 31.3. The van der Waals surface area contributed by atoms with Crippen LogP contribution >= 0.6 is 0 Å². The van der Waals surface area contributed by atoms with E-state index in [0.29, 0.717) is 41.6 Å². The van der Waals surface area contributed by atoms with Crippen LogP contribution in [-0.4, -0.2) is 18.0 Å². The Morgan fingerprint density at radius 1 is 0.727 bits per heavy atom. The standard InChI is InChI=1S/C40H58O4/c1-26(41)44-32-17-18-37(5)30(35(32,2)3)16-19-39(7)31(37)14-13-29-33-28(36(4)21-22-36)15-20-40(33,24-23-38(29,39)6)34(42)43-25-27-11-9-8-10-12-27/h8-12,28-33H,13-25H2,1-7H3/t28-,29?,30+,31-,32+,33-,37+,38-,39-,40+/m1/s1. The zero-order valence-corrected chi connectivity index (χ0v) is 28.7. The summed E-state index contributed by atoms with van der Waals surface area (Å²) < 4.78 is 12.2. The predicted octanol–water partition coefficient (Wildman–Crippen LogP) is 9.54. The number of carbonyl (C=O) groups is 2. The molecule has 0 heterocycles. The highest BCUT2D eigenvalue weighted by molar-refractivity contribution is 5.78. The van der Waals surface area contributed by atoms with E-state index in [2.05, 4.69) is 53.7 Å². The number of fused-ring (bicyclic) bond motifs is 7. The van der Waals surface area contributed by atoms with Crippen molar-refractivity contribution in [1.29, 1.82) is 0 Å². The van der Waals surface area contributed by atoms with Gasteiger partial charge >= 0.3 is 11.9 Å². The molecule has 10 atom stereocenters. The summed E-state index contributed by atoms with van der Waals surface area (Å²) in [5.41, 5.74) is 1.89. The molecule has 0 spiro atoms. The Kier molecular flexibility index (Phi) is 7.05. The Balaban J connectivity index is 1.21. The van der Waals surface area contributed by atoms with Crippen LogP contribution in [0.5, 0.6) is 0 Å². The minimum Gasteiger partial charge on any atom is -0.462 e. The first-order chi connectivity index (χ1) is 20.7. The number of carbonyl (C=O) groups excluding carboxylic acids is 2. The Bertz CT molecular complexity index is 1300. The van der Waals surface area contributed by atoms with E-state index in [9.17, 15) is 9.59 Å². The van der Waals surface area contributed by atoms with Gasteiger partial charge in [-0.05, 0) is 134 Å². The van der Waals surface area contributed by atoms with Gasteiger partial charge in [-0.15, -0.1) is 0 Å². The third-order valence-electron chi connectivity index (χ3n) is 16.2. The van der Waals surface area contributed by atoms with E-state index in [1.165, 1.54) is 44.9 Å². The third kappa shape index (κ3) is 4.20. The van der Waals surface area contributed by atoms with Crippen LogP contribution in [0.15, 0.2) is 30.3 Å². The van der Waals surface area contributed by atoms with Crippen molar-refractivity contribution in [2.45, 2.75) is 138 Å². The molecule has 0 bridgehead atoms. The molecule has 7 rings (SSSR count). The van der Waals surface area contributed by atoms with Gasteiger partial charge in [-0.2, -0.15) is 0 Å². The van der Waals surface area contributed by atoms with Crippen LogP contribution in [0.25, 0.3) is 0 Å². The van der Waals surface area contributed by atoms with Crippen molar-refractivity contribution in [1.82, 2.24) is 0 Å². The van der Waals surface area contributed by atoms with E-state index in [4.69, 9.17) is 9.47 Å². The second kappa shape index (κ2) is 10.1. The Morgan fingerprint density at radius 3 is 2.14 bits per heavy atom. The summed E-state index contributed by atoms with van der Waals surface area (Å²) in [6.07, 6.45) is 14.1. The van der Waals surface area contributed by atoms with Crippen LogP contribution in [0, 0.1) is 62.1 Å². The molecule has 0 amide bonds. The molecule has 0 N–H and O–H groups in total. The first kappa shape index (κ1) is 30.8. The van der Waals surface area contributed by atoms with Crippen LogP contribution < -0.4 is 0 Å². The lowest BCUT2D eigenvalue weighted by Crippen LogP contribution is -2.67. The third-order valence-corrected chi connectivity index (χ3v) is 16.2. The topological polar surface area (TPSA) is 52.6 Å². The number of ether oxygens (including phenoxy) is 2. The molecule has 1 unspecified atom stereocenters. The normalized spacial score (nSPS) is 46.4. The lowest BCUT2D eigenvalue weighted by Gasteiger charge is -2.72. The fraction of sp³-hybridized carbons (Fsp3) is 0.800. The van der Waals surface area contributed by atoms with E-state index in [1.54, 1.807) is 6.92 Å². The van der Waals surface area contributed by atoms with Crippen LogP contribution in [-0.2, 0) is 25.7 Å². The average Bonchev–Trinajstić information content (AvgIpc) is 3.59. The van der Waals surface area contributed by atoms with Crippen molar-refractivity contribution in [3.63, 3.8) is 0 Å². The molecule has 6 fully saturated rings. The molecule has 44 heavy (non-hydrogen) atoms. The quantitative estimate of drug-likeness (QED) is 0.315. The van der Waals surface area contributed by atoms with Gasteiger partial charge in [0.15, 0.2) is 0 Å². The van der Waals surface area contributed by atoms with Gasteiger partial charge in [-0.3, -0.25) is 9.59 Å². The smallest absolute Gasteiger partial charge is 0.312 e. The van der Waals surface area contributed by atoms with E-state index in [1.807, 2.05) is 18.2 Å². The van der Waals surface area contributed by atoms with Gasteiger partial charge in [-0.1, -0.05) is 71.9 Å². The van der Waals surface area contributed by atoms with E-state index in [-0.39, 0.29) is 45.1 Å². The molecule has 6 aliphatic carbocycles. The summed E-state index contributed by atoms with van der Waals surface area (Å²) in [6.45, 7) is 17.2.